The van der Waals surface area contributed by atoms with E-state index in [4.69, 9.17) is 0 Å². The van der Waals surface area contributed by atoms with E-state index in [9.17, 15) is 4.79 Å². The van der Waals surface area contributed by atoms with E-state index in [0.29, 0.717) is 18.2 Å². The van der Waals surface area contributed by atoms with E-state index in [-0.39, 0.29) is 5.91 Å². The van der Waals surface area contributed by atoms with Gasteiger partial charge in [-0.25, -0.2) is 4.98 Å². The van der Waals surface area contributed by atoms with E-state index < -0.39 is 0 Å². The van der Waals surface area contributed by atoms with Crippen LogP contribution in [0.2, 0.25) is 0 Å². The van der Waals surface area contributed by atoms with Gasteiger partial charge in [0.05, 0.1) is 17.7 Å². The Balaban J connectivity index is 1.83. The first-order chi connectivity index (χ1) is 11.1. The van der Waals surface area contributed by atoms with E-state index in [2.05, 4.69) is 15.3 Å². The second kappa shape index (κ2) is 7.19. The van der Waals surface area contributed by atoms with Gasteiger partial charge in [0.2, 0.25) is 0 Å². The molecule has 1 aliphatic heterocycles. The molecular formula is C17H22N4OS. The number of aryl methyl sites for hydroxylation is 2. The molecule has 23 heavy (non-hydrogen) atoms. The molecule has 0 spiro atoms. The van der Waals surface area contributed by atoms with Crippen molar-refractivity contribution in [1.29, 1.82) is 0 Å². The van der Waals surface area contributed by atoms with Gasteiger partial charge in [-0.15, -0.1) is 11.3 Å². The Morgan fingerprint density at radius 3 is 2.96 bits per heavy atom. The van der Waals surface area contributed by atoms with Crippen LogP contribution in [-0.2, 0) is 6.54 Å². The zero-order valence-corrected chi connectivity index (χ0v) is 14.4. The molecule has 2 aromatic heterocycles. The highest BCUT2D eigenvalue weighted by molar-refractivity contribution is 7.09. The lowest BCUT2D eigenvalue weighted by molar-refractivity contribution is 0.0713. The predicted molar refractivity (Wildman–Crippen MR) is 91.5 cm³/mol. The summed E-state index contributed by atoms with van der Waals surface area (Å²) in [7, 11) is 0. The van der Waals surface area contributed by atoms with Crippen molar-refractivity contribution in [3.05, 3.63) is 45.7 Å². The van der Waals surface area contributed by atoms with Gasteiger partial charge in [0, 0.05) is 17.6 Å². The molecule has 1 N–H and O–H groups in total. The van der Waals surface area contributed by atoms with Gasteiger partial charge in [-0.2, -0.15) is 0 Å². The van der Waals surface area contributed by atoms with Gasteiger partial charge in [0.25, 0.3) is 5.91 Å². The number of rotatable bonds is 5. The maximum absolute atomic E-state index is 13.0. The summed E-state index contributed by atoms with van der Waals surface area (Å²) in [5.74, 6) is 0.527. The van der Waals surface area contributed by atoms with E-state index in [1.807, 2.05) is 36.4 Å². The summed E-state index contributed by atoms with van der Waals surface area (Å²) in [6.07, 6.45) is 2.81. The van der Waals surface area contributed by atoms with E-state index in [0.717, 1.165) is 42.2 Å². The first-order valence-electron chi connectivity index (χ1n) is 7.95. The van der Waals surface area contributed by atoms with Gasteiger partial charge >= 0.3 is 0 Å². The topological polar surface area (TPSA) is 58.1 Å². The molecule has 1 saturated heterocycles. The fourth-order valence-corrected chi connectivity index (χ4v) is 3.70. The molecule has 122 valence electrons. The summed E-state index contributed by atoms with van der Waals surface area (Å²) in [6.45, 7) is 7.33. The fraction of sp³-hybridized carbons (Fsp3) is 0.471. The third-order valence-corrected chi connectivity index (χ3v) is 5.24. The van der Waals surface area contributed by atoms with Crippen LogP contribution in [0.15, 0.2) is 23.8 Å². The molecule has 6 heteroatoms. The lowest BCUT2D eigenvalue weighted by Crippen LogP contribution is -2.36. The Morgan fingerprint density at radius 2 is 2.30 bits per heavy atom. The summed E-state index contributed by atoms with van der Waals surface area (Å²) in [5, 5.41) is 3.37. The molecule has 0 aromatic carbocycles. The second-order valence-corrected chi connectivity index (χ2v) is 7.01. The summed E-state index contributed by atoms with van der Waals surface area (Å²) < 4.78 is 0. The SMILES string of the molecule is Cc1cccnc1C(=O)N(Cc1scnc1C)C[C@H]1CCNC1. The molecule has 1 atom stereocenters. The van der Waals surface area contributed by atoms with Crippen molar-refractivity contribution >= 4 is 17.2 Å². The van der Waals surface area contributed by atoms with Gasteiger partial charge in [-0.1, -0.05) is 6.07 Å². The number of nitrogens with zero attached hydrogens (tertiary/aromatic N) is 3. The van der Waals surface area contributed by atoms with Gasteiger partial charge in [0.1, 0.15) is 5.69 Å². The number of aromatic nitrogens is 2. The Labute approximate surface area is 140 Å². The summed E-state index contributed by atoms with van der Waals surface area (Å²) in [6, 6.07) is 3.80. The second-order valence-electron chi connectivity index (χ2n) is 6.07. The quantitative estimate of drug-likeness (QED) is 0.915. The average molecular weight is 330 g/mol. The summed E-state index contributed by atoms with van der Waals surface area (Å²) >= 11 is 1.61. The van der Waals surface area contributed by atoms with E-state index in [1.165, 1.54) is 0 Å². The summed E-state index contributed by atoms with van der Waals surface area (Å²) in [4.78, 5) is 24.7. The Kier molecular flexibility index (Phi) is 5.03. The largest absolute Gasteiger partial charge is 0.332 e. The van der Waals surface area contributed by atoms with Crippen LogP contribution >= 0.6 is 11.3 Å². The van der Waals surface area contributed by atoms with Crippen molar-refractivity contribution in [3.8, 4) is 0 Å². The minimum atomic E-state index is 0.0165. The van der Waals surface area contributed by atoms with Crippen molar-refractivity contribution < 1.29 is 4.79 Å². The first-order valence-corrected chi connectivity index (χ1v) is 8.83. The molecule has 1 aliphatic rings. The van der Waals surface area contributed by atoms with Crippen LogP contribution in [0, 0.1) is 19.8 Å². The highest BCUT2D eigenvalue weighted by Crippen LogP contribution is 2.20. The molecule has 1 fully saturated rings. The molecule has 1 amide bonds. The maximum atomic E-state index is 13.0. The van der Waals surface area contributed by atoms with Crippen LogP contribution < -0.4 is 5.32 Å². The molecule has 3 rings (SSSR count). The Morgan fingerprint density at radius 1 is 1.43 bits per heavy atom. The third-order valence-electron chi connectivity index (χ3n) is 4.32. The fourth-order valence-electron chi connectivity index (χ4n) is 2.91. The van der Waals surface area contributed by atoms with Crippen molar-refractivity contribution in [2.45, 2.75) is 26.8 Å². The Bertz CT molecular complexity index is 679. The number of hydrogen-bond acceptors (Lipinski definition) is 5. The van der Waals surface area contributed by atoms with E-state index in [1.54, 1.807) is 17.5 Å². The number of pyridine rings is 1. The molecule has 0 bridgehead atoms. The monoisotopic (exact) mass is 330 g/mol. The van der Waals surface area contributed by atoms with Crippen molar-refractivity contribution in [2.75, 3.05) is 19.6 Å². The van der Waals surface area contributed by atoms with Crippen LogP contribution in [0.5, 0.6) is 0 Å². The molecule has 5 nitrogen and oxygen atoms in total. The van der Waals surface area contributed by atoms with Crippen molar-refractivity contribution in [2.24, 2.45) is 5.92 Å². The summed E-state index contributed by atoms with van der Waals surface area (Å²) in [5.41, 5.74) is 4.33. The molecule has 0 aliphatic carbocycles. The van der Waals surface area contributed by atoms with Gasteiger partial charge < -0.3 is 10.2 Å². The smallest absolute Gasteiger partial charge is 0.273 e. The predicted octanol–water partition coefficient (Wildman–Crippen LogP) is 2.41. The van der Waals surface area contributed by atoms with E-state index >= 15 is 0 Å². The number of carbonyl (C=O) groups excluding carboxylic acids is 1. The number of carbonyl (C=O) groups is 1. The van der Waals surface area contributed by atoms with Crippen LogP contribution in [0.1, 0.15) is 33.0 Å². The van der Waals surface area contributed by atoms with Crippen LogP contribution in [-0.4, -0.2) is 40.4 Å². The average Bonchev–Trinajstić information content (AvgIpc) is 3.19. The number of amides is 1. The zero-order valence-electron chi connectivity index (χ0n) is 13.6. The number of nitrogens with one attached hydrogen (secondary N) is 1. The highest BCUT2D eigenvalue weighted by atomic mass is 32.1. The van der Waals surface area contributed by atoms with Gasteiger partial charge in [-0.3, -0.25) is 9.78 Å². The molecule has 0 saturated carbocycles. The maximum Gasteiger partial charge on any atom is 0.273 e. The first kappa shape index (κ1) is 16.1. The van der Waals surface area contributed by atoms with Crippen LogP contribution in [0.3, 0.4) is 0 Å². The minimum Gasteiger partial charge on any atom is -0.332 e. The number of thiazole rings is 1. The zero-order chi connectivity index (χ0) is 16.2. The molecular weight excluding hydrogens is 308 g/mol. The molecule has 2 aromatic rings. The normalized spacial score (nSPS) is 17.4. The Hall–Kier alpha value is -1.79. The van der Waals surface area contributed by atoms with Gasteiger partial charge in [-0.05, 0) is 50.9 Å². The van der Waals surface area contributed by atoms with Gasteiger partial charge in [0.15, 0.2) is 0 Å². The van der Waals surface area contributed by atoms with Crippen molar-refractivity contribution in [1.82, 2.24) is 20.2 Å². The highest BCUT2D eigenvalue weighted by Gasteiger charge is 2.25. The third kappa shape index (κ3) is 3.76. The number of hydrogen-bond donors (Lipinski definition) is 1. The molecule has 0 radical (unpaired) electrons. The lowest BCUT2D eigenvalue weighted by Gasteiger charge is -2.25. The van der Waals surface area contributed by atoms with Crippen molar-refractivity contribution in [3.63, 3.8) is 0 Å². The standard InChI is InChI=1S/C17H22N4OS/c1-12-4-3-6-19-16(12)17(22)21(9-14-5-7-18-8-14)10-15-13(2)20-11-23-15/h3-4,6,11,14,18H,5,7-10H2,1-2H3/t14-/m0/s1. The molecule has 0 unspecified atom stereocenters. The van der Waals surface area contributed by atoms with Crippen LogP contribution in [0.4, 0.5) is 0 Å². The lowest BCUT2D eigenvalue weighted by atomic mass is 10.1. The minimum absolute atomic E-state index is 0.0165. The van der Waals surface area contributed by atoms with Crippen LogP contribution in [0.25, 0.3) is 0 Å². The molecule has 3 heterocycles.